The van der Waals surface area contributed by atoms with Gasteiger partial charge in [0.15, 0.2) is 0 Å². The van der Waals surface area contributed by atoms with Crippen molar-refractivity contribution in [2.45, 2.75) is 32.1 Å². The molecular formula is C6H10O. The summed E-state index contributed by atoms with van der Waals surface area (Å²) >= 11 is 0. The summed E-state index contributed by atoms with van der Waals surface area (Å²) in [6, 6.07) is 0. The van der Waals surface area contributed by atoms with Gasteiger partial charge in [0.2, 0.25) is 0 Å². The number of hydrogen-bond donors (Lipinski definition) is 0. The van der Waals surface area contributed by atoms with E-state index in [1.165, 1.54) is 6.42 Å². The lowest BCUT2D eigenvalue weighted by Gasteiger charge is -2.05. The summed E-state index contributed by atoms with van der Waals surface area (Å²) in [6.07, 6.45) is 5.24. The monoisotopic (exact) mass is 104 g/mol. The topological polar surface area (TPSA) is 17.1 Å². The molecule has 0 aromatic carbocycles. The molecule has 1 fully saturated rings. The number of carbonyl (C=O) groups excluding carboxylic acids is 1. The van der Waals surface area contributed by atoms with E-state index in [1.54, 1.807) is 0 Å². The van der Waals surface area contributed by atoms with Gasteiger partial charge in [-0.2, -0.15) is 0 Å². The smallest absolute Gasteiger partial charge is 0.132 e. The van der Waals surface area contributed by atoms with E-state index >= 15 is 0 Å². The fraction of sp³-hybridized carbons (Fsp3) is 0.833. The van der Waals surface area contributed by atoms with Gasteiger partial charge in [-0.05, 0) is 12.8 Å². The van der Waals surface area contributed by atoms with E-state index in [0.29, 0.717) is 5.78 Å². The van der Waals surface area contributed by atoms with Gasteiger partial charge in [0.1, 0.15) is 5.78 Å². The maximum absolute atomic E-state index is 10.5. The Morgan fingerprint density at radius 1 is 1.00 bits per heavy atom. The van der Waals surface area contributed by atoms with Crippen molar-refractivity contribution < 1.29 is 4.79 Å². The van der Waals surface area contributed by atoms with Crippen LogP contribution in [0.15, 0.2) is 0 Å². The summed E-state index contributed by atoms with van der Waals surface area (Å²) in [6.45, 7) is 0. The molecule has 0 heterocycles. The Bertz CT molecular complexity index is 68.2. The minimum Gasteiger partial charge on any atom is -0.300 e. The molecule has 1 saturated carbocycles. The van der Waals surface area contributed by atoms with Gasteiger partial charge in [0, 0.05) is 12.8 Å². The predicted octanol–water partition coefficient (Wildman–Crippen LogP) is 1.52. The highest BCUT2D eigenvalue weighted by Gasteiger charge is 2.05. The Balaban J connectivity index is 2.25. The van der Waals surface area contributed by atoms with Crippen LogP contribution in [-0.2, 0) is 4.79 Å². The third-order valence-electron chi connectivity index (χ3n) is 1.41. The molecule has 40 valence electrons. The maximum Gasteiger partial charge on any atom is 0.132 e. The highest BCUT2D eigenvalue weighted by Crippen LogP contribution is 2.12. The average molecular weight is 104 g/mol. The molecule has 1 aliphatic carbocycles. The normalized spacial score (nSPS) is 22.6. The largest absolute Gasteiger partial charge is 0.300 e. The molecule has 0 aromatic heterocycles. The summed E-state index contributed by atoms with van der Waals surface area (Å²) < 4.78 is 0. The van der Waals surface area contributed by atoms with Gasteiger partial charge < -0.3 is 0 Å². The highest BCUT2D eigenvalue weighted by atomic mass is 16.2. The van der Waals surface area contributed by atoms with Crippen molar-refractivity contribution in [2.24, 2.45) is 0 Å². The summed E-state index contributed by atoms with van der Waals surface area (Å²) in [5.41, 5.74) is 0. The molecule has 0 unspecified atom stereocenters. The molecule has 0 aliphatic heterocycles. The summed E-state index contributed by atoms with van der Waals surface area (Å²) in [4.78, 5) is 10.5. The molecule has 0 saturated heterocycles. The molecule has 1 nitrogen and oxygen atoms in total. The Hall–Kier alpha value is -0.330. The van der Waals surface area contributed by atoms with Crippen molar-refractivity contribution in [3.63, 3.8) is 0 Å². The van der Waals surface area contributed by atoms with E-state index < -0.39 is 0 Å². The lowest BCUT2D eigenvalue weighted by atomic mass is 11.0. The lowest BCUT2D eigenvalue weighted by Crippen LogP contribution is -2.02. The predicted molar refractivity (Wildman–Crippen MR) is 28.1 cm³/mol. The van der Waals surface area contributed by atoms with Gasteiger partial charge in [0.25, 0.3) is 0 Å². The molecule has 0 amide bonds. The first-order valence-electron chi connectivity index (χ1n) is 2.91. The zero-order valence-electron chi connectivity index (χ0n) is 4.44. The first-order valence-corrected chi connectivity index (χ1v) is 2.91. The van der Waals surface area contributed by atoms with Crippen LogP contribution in [0.5, 0.6) is 0 Å². The second kappa shape index (κ2) is 2.10. The van der Waals surface area contributed by atoms with Crippen LogP contribution >= 0.6 is 0 Å². The molecular weight excluding hydrogens is 94.0 g/mol. The average Bonchev–Trinajstić information content (AvgIpc) is 1.69. The SMILES string of the molecule is O=[13C]1[13CH2][13CH2][13CH2][13CH2][13CH2]1. The fourth-order valence-electron chi connectivity index (χ4n) is 0.946. The molecule has 0 N–H and O–H groups in total. The molecule has 0 spiro atoms. The molecule has 7 heavy (non-hydrogen) atoms. The van der Waals surface area contributed by atoms with Gasteiger partial charge in [-0.1, -0.05) is 6.42 Å². The van der Waals surface area contributed by atoms with E-state index in [1.807, 2.05) is 0 Å². The van der Waals surface area contributed by atoms with E-state index in [0.717, 1.165) is 25.7 Å². The number of Topliss-reactive ketones (excluding diaryl/α,β-unsaturated/α-hetero) is 1. The van der Waals surface area contributed by atoms with Crippen molar-refractivity contribution in [1.82, 2.24) is 0 Å². The standard InChI is InChI=1S/C6H10O/c7-6-4-2-1-3-5-6/h1-5H2/i1+1,2+1,3+1,4+1,5+1,6+1. The van der Waals surface area contributed by atoms with Crippen LogP contribution in [0, 0.1) is 0 Å². The zero-order chi connectivity index (χ0) is 5.11. The second-order valence-electron chi connectivity index (χ2n) is 2.10. The van der Waals surface area contributed by atoms with Gasteiger partial charge in [-0.3, -0.25) is 4.79 Å². The van der Waals surface area contributed by atoms with Crippen molar-refractivity contribution in [1.29, 1.82) is 0 Å². The van der Waals surface area contributed by atoms with Gasteiger partial charge >= 0.3 is 0 Å². The van der Waals surface area contributed by atoms with E-state index in [9.17, 15) is 4.79 Å². The molecule has 1 aliphatic rings. The Morgan fingerprint density at radius 3 is 1.86 bits per heavy atom. The third-order valence-corrected chi connectivity index (χ3v) is 1.41. The van der Waals surface area contributed by atoms with Crippen molar-refractivity contribution in [2.75, 3.05) is 0 Å². The Morgan fingerprint density at radius 2 is 1.57 bits per heavy atom. The first kappa shape index (κ1) is 4.82. The number of ketones is 1. The molecule has 0 atom stereocenters. The van der Waals surface area contributed by atoms with Crippen LogP contribution in [0.4, 0.5) is 0 Å². The van der Waals surface area contributed by atoms with Crippen LogP contribution in [-0.4, -0.2) is 5.78 Å². The molecule has 1 heteroatoms. The first-order chi connectivity index (χ1) is 3.39. The third kappa shape index (κ3) is 1.30. The summed E-state index contributed by atoms with van der Waals surface area (Å²) in [5, 5.41) is 0. The number of hydrogen-bond acceptors (Lipinski definition) is 1. The van der Waals surface area contributed by atoms with Crippen LogP contribution in [0.3, 0.4) is 0 Å². The van der Waals surface area contributed by atoms with E-state index in [2.05, 4.69) is 0 Å². The minimum atomic E-state index is 0.464. The minimum absolute atomic E-state index is 0.464. The van der Waals surface area contributed by atoms with Crippen molar-refractivity contribution >= 4 is 5.78 Å². The molecule has 0 aromatic rings. The van der Waals surface area contributed by atoms with E-state index in [-0.39, 0.29) is 0 Å². The van der Waals surface area contributed by atoms with Crippen LogP contribution in [0.25, 0.3) is 0 Å². The van der Waals surface area contributed by atoms with Crippen molar-refractivity contribution in [3.8, 4) is 0 Å². The fourth-order valence-corrected chi connectivity index (χ4v) is 0.946. The van der Waals surface area contributed by atoms with Crippen LogP contribution in [0.2, 0.25) is 0 Å². The zero-order valence-corrected chi connectivity index (χ0v) is 4.44. The number of carbonyl (C=O) groups is 1. The quantitative estimate of drug-likeness (QED) is 0.426. The van der Waals surface area contributed by atoms with Gasteiger partial charge in [0.05, 0.1) is 0 Å². The van der Waals surface area contributed by atoms with Gasteiger partial charge in [-0.25, -0.2) is 0 Å². The summed E-state index contributed by atoms with van der Waals surface area (Å²) in [5.74, 6) is 0.464. The van der Waals surface area contributed by atoms with Gasteiger partial charge in [-0.15, -0.1) is 0 Å². The highest BCUT2D eigenvalue weighted by molar-refractivity contribution is 5.78. The second-order valence-corrected chi connectivity index (χ2v) is 2.10. The maximum atomic E-state index is 10.5. The lowest BCUT2D eigenvalue weighted by molar-refractivity contribution is -0.120. The Kier molecular flexibility index (Phi) is 1.45. The summed E-state index contributed by atoms with van der Waals surface area (Å²) in [7, 11) is 0. The van der Waals surface area contributed by atoms with E-state index in [4.69, 9.17) is 0 Å². The molecule has 1 rings (SSSR count). The van der Waals surface area contributed by atoms with Crippen molar-refractivity contribution in [3.05, 3.63) is 0 Å². The Labute approximate surface area is 43.7 Å². The number of rotatable bonds is 0. The van der Waals surface area contributed by atoms with Crippen LogP contribution < -0.4 is 0 Å². The molecule has 0 bridgehead atoms. The molecule has 0 radical (unpaired) electrons. The van der Waals surface area contributed by atoms with Crippen LogP contribution in [0.1, 0.15) is 32.1 Å².